The summed E-state index contributed by atoms with van der Waals surface area (Å²) in [6, 6.07) is 0. The number of halogens is 1. The molecule has 0 aromatic carbocycles. The van der Waals surface area contributed by atoms with E-state index in [2.05, 4.69) is 22.0 Å². The Kier molecular flexibility index (Phi) is 2.22. The Hall–Kier alpha value is -0.310. The van der Waals surface area contributed by atoms with Gasteiger partial charge < -0.3 is 4.74 Å². The van der Waals surface area contributed by atoms with Crippen molar-refractivity contribution in [3.8, 4) is 0 Å². The second-order valence-corrected chi connectivity index (χ2v) is 4.61. The lowest BCUT2D eigenvalue weighted by molar-refractivity contribution is -0.134. The first-order chi connectivity index (χ1) is 5.79. The fourth-order valence-electron chi connectivity index (χ4n) is 2.28. The van der Waals surface area contributed by atoms with E-state index in [1.165, 1.54) is 10.9 Å². The standard InChI is InChI=1S/C9H11BrO2/c10-8-2-6-1-7(4-8)9(3-6)12-5-11/h4-7,9H,1-3H2/t6-,7+,9-/m1/s1. The Labute approximate surface area is 80.1 Å². The highest BCUT2D eigenvalue weighted by Gasteiger charge is 2.37. The molecule has 2 rings (SSSR count). The van der Waals surface area contributed by atoms with Crippen LogP contribution in [0.5, 0.6) is 0 Å². The highest BCUT2D eigenvalue weighted by molar-refractivity contribution is 9.11. The maximum Gasteiger partial charge on any atom is 0.293 e. The van der Waals surface area contributed by atoms with Crippen molar-refractivity contribution in [1.29, 1.82) is 0 Å². The largest absolute Gasteiger partial charge is 0.464 e. The summed E-state index contributed by atoms with van der Waals surface area (Å²) in [5.41, 5.74) is 0. The van der Waals surface area contributed by atoms with Crippen LogP contribution in [0.3, 0.4) is 0 Å². The van der Waals surface area contributed by atoms with Crippen LogP contribution in [0.25, 0.3) is 0 Å². The van der Waals surface area contributed by atoms with Crippen molar-refractivity contribution in [2.75, 3.05) is 0 Å². The molecule has 0 radical (unpaired) electrons. The molecular weight excluding hydrogens is 220 g/mol. The number of hydrogen-bond donors (Lipinski definition) is 0. The van der Waals surface area contributed by atoms with Crippen LogP contribution >= 0.6 is 15.9 Å². The third kappa shape index (κ3) is 1.42. The lowest BCUT2D eigenvalue weighted by Crippen LogP contribution is -2.15. The monoisotopic (exact) mass is 230 g/mol. The Morgan fingerprint density at radius 2 is 2.42 bits per heavy atom. The van der Waals surface area contributed by atoms with Crippen LogP contribution in [0.4, 0.5) is 0 Å². The molecule has 66 valence electrons. The quantitative estimate of drug-likeness (QED) is 0.681. The van der Waals surface area contributed by atoms with E-state index in [0.29, 0.717) is 12.4 Å². The summed E-state index contributed by atoms with van der Waals surface area (Å²) in [7, 11) is 0. The maximum absolute atomic E-state index is 10.2. The van der Waals surface area contributed by atoms with Crippen molar-refractivity contribution in [1.82, 2.24) is 0 Å². The fraction of sp³-hybridized carbons (Fsp3) is 0.667. The van der Waals surface area contributed by atoms with Crippen LogP contribution in [0, 0.1) is 11.8 Å². The van der Waals surface area contributed by atoms with Gasteiger partial charge in [0.15, 0.2) is 0 Å². The van der Waals surface area contributed by atoms with E-state index in [9.17, 15) is 4.79 Å². The summed E-state index contributed by atoms with van der Waals surface area (Å²) < 4.78 is 6.30. The average Bonchev–Trinajstić information content (AvgIpc) is 2.28. The Balaban J connectivity index is 2.09. The first-order valence-corrected chi connectivity index (χ1v) is 5.04. The highest BCUT2D eigenvalue weighted by atomic mass is 79.9. The number of rotatable bonds is 2. The lowest BCUT2D eigenvalue weighted by Gasteiger charge is -2.16. The molecule has 0 saturated heterocycles. The molecule has 1 saturated carbocycles. The Morgan fingerprint density at radius 3 is 3.17 bits per heavy atom. The second kappa shape index (κ2) is 3.21. The van der Waals surface area contributed by atoms with Gasteiger partial charge in [-0.25, -0.2) is 0 Å². The SMILES string of the molecule is O=CO[C@@H]1C[C@H]2CC(Br)=C[C@@H]1C2. The number of carbonyl (C=O) groups is 1. The number of fused-ring (bicyclic) bond motifs is 2. The normalized spacial score (nSPS) is 39.1. The molecule has 2 nitrogen and oxygen atoms in total. The van der Waals surface area contributed by atoms with Gasteiger partial charge in [0.05, 0.1) is 0 Å². The minimum absolute atomic E-state index is 0.141. The molecule has 0 spiro atoms. The topological polar surface area (TPSA) is 26.3 Å². The average molecular weight is 231 g/mol. The molecule has 3 heteroatoms. The summed E-state index contributed by atoms with van der Waals surface area (Å²) in [4.78, 5) is 10.2. The second-order valence-electron chi connectivity index (χ2n) is 3.59. The Bertz CT molecular complexity index is 225. The van der Waals surface area contributed by atoms with Gasteiger partial charge in [-0.3, -0.25) is 4.79 Å². The predicted octanol–water partition coefficient (Wildman–Crippen LogP) is 2.24. The van der Waals surface area contributed by atoms with Crippen molar-refractivity contribution in [2.24, 2.45) is 11.8 Å². The number of ether oxygens (including phenoxy) is 1. The molecule has 3 atom stereocenters. The molecule has 12 heavy (non-hydrogen) atoms. The lowest BCUT2D eigenvalue weighted by atomic mass is 9.95. The van der Waals surface area contributed by atoms with E-state index in [1.54, 1.807) is 0 Å². The number of allylic oxidation sites excluding steroid dienone is 1. The van der Waals surface area contributed by atoms with Gasteiger partial charge in [-0.15, -0.1) is 0 Å². The summed E-state index contributed by atoms with van der Waals surface area (Å²) >= 11 is 3.50. The van der Waals surface area contributed by atoms with E-state index in [-0.39, 0.29) is 6.10 Å². The van der Waals surface area contributed by atoms with Crippen LogP contribution in [-0.4, -0.2) is 12.6 Å². The summed E-state index contributed by atoms with van der Waals surface area (Å²) in [6.07, 6.45) is 5.68. The van der Waals surface area contributed by atoms with Gasteiger partial charge in [-0.2, -0.15) is 0 Å². The zero-order valence-corrected chi connectivity index (χ0v) is 8.29. The fourth-order valence-corrected chi connectivity index (χ4v) is 3.08. The van der Waals surface area contributed by atoms with Gasteiger partial charge in [0.1, 0.15) is 6.10 Å². The maximum atomic E-state index is 10.2. The molecule has 0 unspecified atom stereocenters. The van der Waals surface area contributed by atoms with Crippen molar-refractivity contribution in [3.05, 3.63) is 10.6 Å². The van der Waals surface area contributed by atoms with Crippen molar-refractivity contribution in [2.45, 2.75) is 25.4 Å². The summed E-state index contributed by atoms with van der Waals surface area (Å²) in [5.74, 6) is 1.18. The molecule has 2 aliphatic rings. The van der Waals surface area contributed by atoms with Gasteiger partial charge in [-0.05, 0) is 29.7 Å². The van der Waals surface area contributed by atoms with Gasteiger partial charge in [0.25, 0.3) is 6.47 Å². The molecule has 0 heterocycles. The summed E-state index contributed by atoms with van der Waals surface area (Å²) in [5, 5.41) is 0. The van der Waals surface area contributed by atoms with Crippen LogP contribution in [0.2, 0.25) is 0 Å². The van der Waals surface area contributed by atoms with E-state index < -0.39 is 0 Å². The molecule has 0 aromatic rings. The van der Waals surface area contributed by atoms with E-state index in [1.807, 2.05) is 0 Å². The zero-order valence-electron chi connectivity index (χ0n) is 6.70. The van der Waals surface area contributed by atoms with Crippen LogP contribution in [-0.2, 0) is 9.53 Å². The molecule has 0 aromatic heterocycles. The highest BCUT2D eigenvalue weighted by Crippen LogP contribution is 2.43. The molecule has 0 amide bonds. The molecule has 0 aliphatic heterocycles. The first-order valence-electron chi connectivity index (χ1n) is 4.25. The van der Waals surface area contributed by atoms with Gasteiger partial charge in [-0.1, -0.05) is 22.0 Å². The van der Waals surface area contributed by atoms with E-state index in [4.69, 9.17) is 4.74 Å². The smallest absolute Gasteiger partial charge is 0.293 e. The van der Waals surface area contributed by atoms with Crippen LogP contribution in [0.15, 0.2) is 10.6 Å². The van der Waals surface area contributed by atoms with Crippen molar-refractivity contribution in [3.63, 3.8) is 0 Å². The summed E-state index contributed by atoms with van der Waals surface area (Å²) in [6.45, 7) is 0.576. The molecular formula is C9H11BrO2. The zero-order chi connectivity index (χ0) is 8.55. The Morgan fingerprint density at radius 1 is 1.58 bits per heavy atom. The number of hydrogen-bond acceptors (Lipinski definition) is 2. The van der Waals surface area contributed by atoms with Gasteiger partial charge >= 0.3 is 0 Å². The minimum Gasteiger partial charge on any atom is -0.464 e. The number of carbonyl (C=O) groups excluding carboxylic acids is 1. The van der Waals surface area contributed by atoms with E-state index >= 15 is 0 Å². The predicted molar refractivity (Wildman–Crippen MR) is 48.8 cm³/mol. The van der Waals surface area contributed by atoms with Gasteiger partial charge in [0, 0.05) is 5.92 Å². The molecule has 1 fully saturated rings. The van der Waals surface area contributed by atoms with Crippen LogP contribution < -0.4 is 0 Å². The molecule has 2 bridgehead atoms. The third-order valence-corrected chi connectivity index (χ3v) is 3.35. The van der Waals surface area contributed by atoms with Crippen molar-refractivity contribution >= 4 is 22.4 Å². The van der Waals surface area contributed by atoms with E-state index in [0.717, 1.165) is 18.8 Å². The van der Waals surface area contributed by atoms with Crippen molar-refractivity contribution < 1.29 is 9.53 Å². The minimum atomic E-state index is 0.141. The first kappa shape index (κ1) is 8.30. The molecule has 2 aliphatic carbocycles. The molecule has 0 N–H and O–H groups in total. The van der Waals surface area contributed by atoms with Crippen LogP contribution in [0.1, 0.15) is 19.3 Å². The third-order valence-electron chi connectivity index (χ3n) is 2.76. The van der Waals surface area contributed by atoms with Gasteiger partial charge in [0.2, 0.25) is 0 Å².